The molecule has 1 aromatic rings. The Labute approximate surface area is 287 Å². The van der Waals surface area contributed by atoms with Gasteiger partial charge >= 0.3 is 5.97 Å². The summed E-state index contributed by atoms with van der Waals surface area (Å²) in [5, 5.41) is 24.2. The largest absolute Gasteiger partial charge is 0.456 e. The van der Waals surface area contributed by atoms with Gasteiger partial charge in [0, 0.05) is 31.3 Å². The number of pyridine rings is 1. The second-order valence-electron chi connectivity index (χ2n) is 11.3. The highest BCUT2D eigenvalue weighted by Gasteiger charge is 2.24. The highest BCUT2D eigenvalue weighted by atomic mass is 16.6. The van der Waals surface area contributed by atoms with Gasteiger partial charge < -0.3 is 25.6 Å². The van der Waals surface area contributed by atoms with Gasteiger partial charge in [0.05, 0.1) is 13.2 Å². The molecule has 0 radical (unpaired) electrons. The van der Waals surface area contributed by atoms with E-state index in [9.17, 15) is 24.6 Å². The molecule has 0 aromatic carbocycles. The Balaban J connectivity index is 2.27. The van der Waals surface area contributed by atoms with Gasteiger partial charge in [-0.2, -0.15) is 0 Å². The Morgan fingerprint density at radius 1 is 0.812 bits per heavy atom. The molecule has 0 unspecified atom stereocenters. The summed E-state index contributed by atoms with van der Waals surface area (Å²) < 4.78 is 5.15. The molecule has 0 aliphatic carbocycles. The van der Waals surface area contributed by atoms with E-state index in [0.29, 0.717) is 32.2 Å². The number of aryl methyl sites for hydroxylation is 1. The van der Waals surface area contributed by atoms with Crippen molar-refractivity contribution in [2.75, 3.05) is 19.8 Å². The number of esters is 1. The van der Waals surface area contributed by atoms with Gasteiger partial charge in [0.15, 0.2) is 0 Å². The van der Waals surface area contributed by atoms with Crippen LogP contribution in [0, 0.1) is 6.92 Å². The number of unbranched alkanes of at least 4 members (excludes halogenated alkanes) is 2. The summed E-state index contributed by atoms with van der Waals surface area (Å²) in [4.78, 5) is 41.6. The molecule has 9 nitrogen and oxygen atoms in total. The van der Waals surface area contributed by atoms with Crippen LogP contribution < -0.4 is 10.6 Å². The smallest absolute Gasteiger partial charge is 0.329 e. The molecule has 1 aromatic heterocycles. The first kappa shape index (κ1) is 41.9. The number of rotatable bonds is 26. The predicted octanol–water partition coefficient (Wildman–Crippen LogP) is 6.38. The lowest BCUT2D eigenvalue weighted by Crippen LogP contribution is -2.43. The fraction of sp³-hybridized carbons (Fsp3) is 0.487. The maximum Gasteiger partial charge on any atom is 0.329 e. The zero-order valence-corrected chi connectivity index (χ0v) is 28.9. The average Bonchev–Trinajstić information content (AvgIpc) is 3.08. The number of nitrogens with zero attached hydrogens (tertiary/aromatic N) is 1. The van der Waals surface area contributed by atoms with Crippen molar-refractivity contribution < 1.29 is 29.3 Å². The van der Waals surface area contributed by atoms with Crippen molar-refractivity contribution in [1.29, 1.82) is 0 Å². The van der Waals surface area contributed by atoms with E-state index in [-0.39, 0.29) is 18.2 Å². The molecule has 264 valence electrons. The number of hydrogen-bond donors (Lipinski definition) is 4. The summed E-state index contributed by atoms with van der Waals surface area (Å²) in [5.74, 6) is -1.10. The highest BCUT2D eigenvalue weighted by Crippen LogP contribution is 2.08. The maximum absolute atomic E-state index is 12.7. The molecule has 0 saturated carbocycles. The number of hydrogen-bond acceptors (Lipinski definition) is 7. The predicted molar refractivity (Wildman–Crippen MR) is 194 cm³/mol. The molecule has 0 spiro atoms. The minimum Gasteiger partial charge on any atom is -0.456 e. The van der Waals surface area contributed by atoms with Crippen LogP contribution in [0.3, 0.4) is 0 Å². The van der Waals surface area contributed by atoms with Crippen molar-refractivity contribution in [2.24, 2.45) is 0 Å². The van der Waals surface area contributed by atoms with E-state index in [1.54, 1.807) is 18.3 Å². The van der Waals surface area contributed by atoms with Crippen LogP contribution in [0.4, 0.5) is 0 Å². The van der Waals surface area contributed by atoms with E-state index in [2.05, 4.69) is 83.3 Å². The summed E-state index contributed by atoms with van der Waals surface area (Å²) >= 11 is 0. The van der Waals surface area contributed by atoms with Gasteiger partial charge in [-0.25, -0.2) is 4.79 Å². The van der Waals surface area contributed by atoms with Crippen LogP contribution in [0.5, 0.6) is 0 Å². The number of allylic oxidation sites excluding steroid dienone is 10. The Kier molecular flexibility index (Phi) is 25.4. The number of aliphatic hydroxyl groups excluding tert-OH is 2. The van der Waals surface area contributed by atoms with Gasteiger partial charge in [-0.1, -0.05) is 85.9 Å². The van der Waals surface area contributed by atoms with E-state index < -0.39 is 31.3 Å². The lowest BCUT2D eigenvalue weighted by atomic mass is 10.1. The van der Waals surface area contributed by atoms with Crippen molar-refractivity contribution in [3.63, 3.8) is 0 Å². The van der Waals surface area contributed by atoms with Gasteiger partial charge in [0.1, 0.15) is 12.1 Å². The Bertz CT molecular complexity index is 1200. The molecule has 0 saturated heterocycles. The summed E-state index contributed by atoms with van der Waals surface area (Å²) in [5.41, 5.74) is 1.75. The molecule has 1 heterocycles. The first-order chi connectivity index (χ1) is 23.4. The molecule has 0 aliphatic rings. The van der Waals surface area contributed by atoms with Crippen molar-refractivity contribution in [2.45, 2.75) is 103 Å². The average molecular weight is 664 g/mol. The minimum atomic E-state index is -1.06. The minimum absolute atomic E-state index is 0.0177. The maximum atomic E-state index is 12.7. The second kappa shape index (κ2) is 29.1. The third kappa shape index (κ3) is 23.3. The zero-order chi connectivity index (χ0) is 35.1. The van der Waals surface area contributed by atoms with Crippen LogP contribution in [0.15, 0.2) is 85.2 Å². The quantitative estimate of drug-likeness (QED) is 0.0513. The number of aromatic nitrogens is 1. The third-order valence-electron chi connectivity index (χ3n) is 7.03. The fourth-order valence-electron chi connectivity index (χ4n) is 4.30. The Hall–Kier alpha value is -4.08. The standard InChI is InChI=1S/C39H57N3O6/c1-3-4-5-6-7-8-9-10-11-12-13-14-15-16-17-18-19-25-37(45)40-29-21-20-24-36(39(47)48-35(31-43)32-44)42-38(46)26-22-23-34-28-27-33(2)41-30-34/h4-5,7-8,10-11,13-14,16-17,22-23,27-28,30,35-36,43-44H,3,6,9,12,15,18-21,24-26,29,31-32H2,1-2H3,(H,40,45)(H,42,46)/t36-/m0/s1. The van der Waals surface area contributed by atoms with Gasteiger partial charge in [-0.3, -0.25) is 14.6 Å². The number of aliphatic hydroxyl groups is 2. The lowest BCUT2D eigenvalue weighted by molar-refractivity contribution is -0.157. The van der Waals surface area contributed by atoms with Gasteiger partial charge in [0.25, 0.3) is 0 Å². The molecule has 0 aliphatic heterocycles. The number of ether oxygens (including phenoxy) is 1. The molecular weight excluding hydrogens is 606 g/mol. The molecule has 2 amide bonds. The van der Waals surface area contributed by atoms with Crippen LogP contribution in [0.2, 0.25) is 0 Å². The van der Waals surface area contributed by atoms with E-state index in [0.717, 1.165) is 56.2 Å². The van der Waals surface area contributed by atoms with Crippen molar-refractivity contribution >= 4 is 23.9 Å². The SMILES string of the molecule is CCC=CCC=CCC=CCC=CCC=CCCCC(=O)NCCCC[C@H](NC(=O)CC=Cc1ccc(C)nc1)C(=O)OC(CO)CO. The van der Waals surface area contributed by atoms with Crippen LogP contribution in [0.25, 0.3) is 6.08 Å². The Morgan fingerprint density at radius 3 is 2.02 bits per heavy atom. The molecule has 1 atom stereocenters. The summed E-state index contributed by atoms with van der Waals surface area (Å²) in [6, 6.07) is 2.83. The molecular formula is C39H57N3O6. The summed E-state index contributed by atoms with van der Waals surface area (Å²) in [6.45, 7) is 3.44. The Morgan fingerprint density at radius 2 is 1.44 bits per heavy atom. The lowest BCUT2D eigenvalue weighted by Gasteiger charge is -2.20. The van der Waals surface area contributed by atoms with Crippen molar-refractivity contribution in [1.82, 2.24) is 15.6 Å². The van der Waals surface area contributed by atoms with Crippen LogP contribution in [0.1, 0.15) is 95.2 Å². The highest BCUT2D eigenvalue weighted by molar-refractivity contribution is 5.85. The monoisotopic (exact) mass is 663 g/mol. The van der Waals surface area contributed by atoms with E-state index in [1.165, 1.54) is 0 Å². The first-order valence-corrected chi connectivity index (χ1v) is 17.2. The van der Waals surface area contributed by atoms with Crippen LogP contribution >= 0.6 is 0 Å². The van der Waals surface area contributed by atoms with Crippen LogP contribution in [-0.2, 0) is 19.1 Å². The number of carbonyl (C=O) groups excluding carboxylic acids is 3. The van der Waals surface area contributed by atoms with E-state index >= 15 is 0 Å². The normalized spacial score (nSPS) is 12.9. The van der Waals surface area contributed by atoms with E-state index in [1.807, 2.05) is 19.1 Å². The number of amides is 2. The summed E-state index contributed by atoms with van der Waals surface area (Å²) in [6.07, 6.45) is 34.1. The summed E-state index contributed by atoms with van der Waals surface area (Å²) in [7, 11) is 0. The fourth-order valence-corrected chi connectivity index (χ4v) is 4.30. The van der Waals surface area contributed by atoms with Gasteiger partial charge in [0.2, 0.25) is 11.8 Å². The number of carbonyl (C=O) groups is 3. The molecule has 0 bridgehead atoms. The molecule has 0 fully saturated rings. The third-order valence-corrected chi connectivity index (χ3v) is 7.03. The van der Waals surface area contributed by atoms with E-state index in [4.69, 9.17) is 4.74 Å². The van der Waals surface area contributed by atoms with Crippen molar-refractivity contribution in [3.05, 3.63) is 96.4 Å². The molecule has 1 rings (SSSR count). The first-order valence-electron chi connectivity index (χ1n) is 17.2. The molecule has 48 heavy (non-hydrogen) atoms. The topological polar surface area (TPSA) is 138 Å². The van der Waals surface area contributed by atoms with Crippen molar-refractivity contribution in [3.8, 4) is 0 Å². The zero-order valence-electron chi connectivity index (χ0n) is 28.9. The van der Waals surface area contributed by atoms with Gasteiger partial charge in [-0.15, -0.1) is 0 Å². The number of nitrogens with one attached hydrogen (secondary N) is 2. The van der Waals surface area contributed by atoms with Crippen LogP contribution in [-0.4, -0.2) is 64.9 Å². The molecule has 9 heteroatoms. The molecule has 4 N–H and O–H groups in total. The second-order valence-corrected chi connectivity index (χ2v) is 11.3. The van der Waals surface area contributed by atoms with Gasteiger partial charge in [-0.05, 0) is 82.8 Å².